The van der Waals surface area contributed by atoms with E-state index in [-0.39, 0.29) is 35.9 Å². The molecule has 202 valence electrons. The zero-order chi connectivity index (χ0) is 27.4. The minimum absolute atomic E-state index is 0.0588. The van der Waals surface area contributed by atoms with Crippen LogP contribution in [0.25, 0.3) is 11.1 Å². The molecule has 1 fully saturated rings. The molecule has 0 aromatic heterocycles. The Morgan fingerprint density at radius 1 is 1.11 bits per heavy atom. The molecule has 1 saturated carbocycles. The van der Waals surface area contributed by atoms with Crippen LogP contribution in [0.5, 0.6) is 11.5 Å². The maximum atomic E-state index is 15.3. The Morgan fingerprint density at radius 3 is 2.55 bits per heavy atom. The topological polar surface area (TPSA) is 55.8 Å². The highest BCUT2D eigenvalue weighted by Gasteiger charge is 2.37. The number of halogens is 2. The van der Waals surface area contributed by atoms with E-state index in [1.807, 2.05) is 19.1 Å². The number of carboxylic acid groups (broad SMARTS) is 1. The Bertz CT molecular complexity index is 1300. The lowest BCUT2D eigenvalue weighted by molar-refractivity contribution is -0.137. The van der Waals surface area contributed by atoms with Crippen LogP contribution in [0.1, 0.15) is 81.4 Å². The third-order valence-corrected chi connectivity index (χ3v) is 7.95. The molecule has 2 atom stereocenters. The van der Waals surface area contributed by atoms with E-state index in [0.717, 1.165) is 36.0 Å². The first-order chi connectivity index (χ1) is 18.1. The van der Waals surface area contributed by atoms with Gasteiger partial charge in [0.05, 0.1) is 13.5 Å². The molecule has 0 amide bonds. The quantitative estimate of drug-likeness (QED) is 0.290. The molecule has 4 rings (SSSR count). The van der Waals surface area contributed by atoms with Crippen molar-refractivity contribution in [2.24, 2.45) is 5.41 Å². The molecule has 0 heterocycles. The van der Waals surface area contributed by atoms with Gasteiger partial charge in [-0.2, -0.15) is 0 Å². The van der Waals surface area contributed by atoms with E-state index in [4.69, 9.17) is 9.47 Å². The van der Waals surface area contributed by atoms with Crippen LogP contribution in [-0.2, 0) is 11.4 Å². The van der Waals surface area contributed by atoms with Crippen molar-refractivity contribution in [3.05, 3.63) is 82.9 Å². The summed E-state index contributed by atoms with van der Waals surface area (Å²) in [6.45, 7) is 6.49. The first kappa shape index (κ1) is 27.6. The normalized spacial score (nSPS) is 17.3. The van der Waals surface area contributed by atoms with Crippen LogP contribution < -0.4 is 9.47 Å². The molecule has 38 heavy (non-hydrogen) atoms. The Hall–Kier alpha value is -3.41. The average molecular weight is 523 g/mol. The zero-order valence-corrected chi connectivity index (χ0v) is 22.5. The van der Waals surface area contributed by atoms with Crippen molar-refractivity contribution in [2.75, 3.05) is 7.11 Å². The first-order valence-corrected chi connectivity index (χ1v) is 13.2. The highest BCUT2D eigenvalue weighted by Crippen LogP contribution is 2.51. The number of hydrogen-bond donors (Lipinski definition) is 1. The van der Waals surface area contributed by atoms with Crippen LogP contribution in [0.15, 0.2) is 54.6 Å². The summed E-state index contributed by atoms with van der Waals surface area (Å²) >= 11 is 0. The van der Waals surface area contributed by atoms with Gasteiger partial charge in [-0.05, 0) is 83.0 Å². The van der Waals surface area contributed by atoms with E-state index in [1.54, 1.807) is 37.4 Å². The Balaban J connectivity index is 1.67. The van der Waals surface area contributed by atoms with E-state index in [9.17, 15) is 9.90 Å². The van der Waals surface area contributed by atoms with Gasteiger partial charge < -0.3 is 14.6 Å². The second-order valence-electron chi connectivity index (χ2n) is 10.9. The van der Waals surface area contributed by atoms with E-state index in [1.165, 1.54) is 6.07 Å². The maximum absolute atomic E-state index is 15.3. The Morgan fingerprint density at radius 2 is 1.89 bits per heavy atom. The molecule has 3 aromatic rings. The molecular formula is C32H36F2O4. The van der Waals surface area contributed by atoms with Gasteiger partial charge >= 0.3 is 5.97 Å². The van der Waals surface area contributed by atoms with Gasteiger partial charge in [0, 0.05) is 5.56 Å². The lowest BCUT2D eigenvalue weighted by Crippen LogP contribution is -2.17. The zero-order valence-electron chi connectivity index (χ0n) is 22.5. The minimum atomic E-state index is -0.961. The van der Waals surface area contributed by atoms with Crippen molar-refractivity contribution in [2.45, 2.75) is 71.3 Å². The number of methoxy groups -OCH3 is 1. The summed E-state index contributed by atoms with van der Waals surface area (Å²) in [6.07, 6.45) is 3.57. The second-order valence-corrected chi connectivity index (χ2v) is 10.9. The molecule has 1 N–H and O–H groups in total. The van der Waals surface area contributed by atoms with Crippen molar-refractivity contribution in [1.82, 2.24) is 0 Å². The third-order valence-electron chi connectivity index (χ3n) is 7.95. The van der Waals surface area contributed by atoms with E-state index >= 15 is 8.78 Å². The molecule has 0 aliphatic heterocycles. The molecule has 0 bridgehead atoms. The fourth-order valence-electron chi connectivity index (χ4n) is 5.78. The highest BCUT2D eigenvalue weighted by atomic mass is 19.1. The van der Waals surface area contributed by atoms with Gasteiger partial charge in [0.2, 0.25) is 0 Å². The Kier molecular flexibility index (Phi) is 8.39. The monoisotopic (exact) mass is 522 g/mol. The van der Waals surface area contributed by atoms with E-state index in [2.05, 4.69) is 19.9 Å². The summed E-state index contributed by atoms with van der Waals surface area (Å²) in [5.41, 5.74) is 3.66. The van der Waals surface area contributed by atoms with Gasteiger partial charge in [-0.15, -0.1) is 0 Å². The van der Waals surface area contributed by atoms with Gasteiger partial charge in [0.15, 0.2) is 11.6 Å². The molecule has 1 aliphatic rings. The third kappa shape index (κ3) is 5.85. The van der Waals surface area contributed by atoms with Crippen molar-refractivity contribution >= 4 is 5.97 Å². The first-order valence-electron chi connectivity index (χ1n) is 13.2. The predicted molar refractivity (Wildman–Crippen MR) is 145 cm³/mol. The van der Waals surface area contributed by atoms with E-state index < -0.39 is 17.7 Å². The van der Waals surface area contributed by atoms with Crippen LogP contribution in [0.3, 0.4) is 0 Å². The molecule has 6 heteroatoms. The van der Waals surface area contributed by atoms with Crippen molar-refractivity contribution in [1.29, 1.82) is 0 Å². The SMILES string of the molecule is CC[C@@H](CC(=O)O)c1cccc(OCc2ccc(-c3cc(OC)ccc3F)c([C@@H]3CCCC3(C)C)c2)c1F. The van der Waals surface area contributed by atoms with Gasteiger partial charge in [-0.3, -0.25) is 4.79 Å². The number of carbonyl (C=O) groups is 1. The maximum Gasteiger partial charge on any atom is 0.303 e. The summed E-state index contributed by atoms with van der Waals surface area (Å²) in [5.74, 6) is -1.29. The lowest BCUT2D eigenvalue weighted by atomic mass is 9.75. The Labute approximate surface area is 223 Å². The number of benzene rings is 3. The van der Waals surface area contributed by atoms with Crippen LogP contribution in [0.2, 0.25) is 0 Å². The van der Waals surface area contributed by atoms with Gasteiger partial charge in [-0.25, -0.2) is 8.78 Å². The van der Waals surface area contributed by atoms with Gasteiger partial charge in [-0.1, -0.05) is 57.5 Å². The molecule has 0 spiro atoms. The van der Waals surface area contributed by atoms with Crippen molar-refractivity contribution < 1.29 is 28.2 Å². The molecule has 1 aliphatic carbocycles. The summed E-state index contributed by atoms with van der Waals surface area (Å²) in [4.78, 5) is 11.2. The number of hydrogen-bond acceptors (Lipinski definition) is 3. The molecule has 0 unspecified atom stereocenters. The number of rotatable bonds is 10. The van der Waals surface area contributed by atoms with Gasteiger partial charge in [0.1, 0.15) is 18.2 Å². The summed E-state index contributed by atoms with van der Waals surface area (Å²) in [5, 5.41) is 9.21. The lowest BCUT2D eigenvalue weighted by Gasteiger charge is -2.30. The van der Waals surface area contributed by atoms with Crippen molar-refractivity contribution in [3.63, 3.8) is 0 Å². The smallest absolute Gasteiger partial charge is 0.303 e. The fourth-order valence-corrected chi connectivity index (χ4v) is 5.78. The highest BCUT2D eigenvalue weighted by molar-refractivity contribution is 5.71. The summed E-state index contributed by atoms with van der Waals surface area (Å²) in [6, 6.07) is 15.5. The largest absolute Gasteiger partial charge is 0.497 e. The molecule has 0 saturated heterocycles. The molecule has 3 aromatic carbocycles. The van der Waals surface area contributed by atoms with E-state index in [0.29, 0.717) is 23.3 Å². The minimum Gasteiger partial charge on any atom is -0.497 e. The summed E-state index contributed by atoms with van der Waals surface area (Å²) in [7, 11) is 1.57. The fraction of sp³-hybridized carbons (Fsp3) is 0.406. The second kappa shape index (κ2) is 11.5. The van der Waals surface area contributed by atoms with Crippen LogP contribution >= 0.6 is 0 Å². The number of ether oxygens (including phenoxy) is 2. The average Bonchev–Trinajstić information content (AvgIpc) is 3.25. The van der Waals surface area contributed by atoms with Gasteiger partial charge in [0.25, 0.3) is 0 Å². The van der Waals surface area contributed by atoms with Crippen molar-refractivity contribution in [3.8, 4) is 22.6 Å². The number of aliphatic carboxylic acids is 1. The molecular weight excluding hydrogens is 486 g/mol. The predicted octanol–water partition coefficient (Wildman–Crippen LogP) is 8.48. The standard InChI is InChI=1S/C32H36F2O4/c1-5-21(17-30(35)36)23-8-6-10-29(31(23)34)38-19-20-11-13-24(26-18-22(37-4)12-14-28(26)33)25(16-20)27-9-7-15-32(27,2)3/h6,8,10-14,16,18,21,27H,5,7,9,15,17,19H2,1-4H3,(H,35,36)/t21-,27-/m0/s1. The van der Waals surface area contributed by atoms with Crippen LogP contribution in [-0.4, -0.2) is 18.2 Å². The molecule has 4 nitrogen and oxygen atoms in total. The number of carboxylic acids is 1. The summed E-state index contributed by atoms with van der Waals surface area (Å²) < 4.78 is 41.6. The van der Waals surface area contributed by atoms with Crippen LogP contribution in [0.4, 0.5) is 8.78 Å². The molecule has 0 radical (unpaired) electrons. The van der Waals surface area contributed by atoms with Crippen LogP contribution in [0, 0.1) is 17.0 Å².